The number of fused-ring (bicyclic) bond motifs is 2. The second kappa shape index (κ2) is 22.7. The van der Waals surface area contributed by atoms with Crippen LogP contribution in [0.4, 0.5) is 5.82 Å². The van der Waals surface area contributed by atoms with Crippen molar-refractivity contribution in [1.82, 2.24) is 39.8 Å². The number of benzene rings is 1. The van der Waals surface area contributed by atoms with Crippen LogP contribution in [0.15, 0.2) is 47.3 Å². The number of carbonyl (C=O) groups excluding carboxylic acids is 5. The molecule has 4 aromatic rings. The Bertz CT molecular complexity index is 2290. The molecule has 3 amide bonds. The standard InChI is InChI=1S/C44H57BrN10O9/c1-28-5-9-37(45)50-42(28)51-43(60)35-20-44(27-53(3)4)21-36(44)55(35)40(59)24-54-34-8-6-30(19-33(34)41(52-54)29(2)56)31-22-48-38(49-23-31)10-7-32(57)25-63-17-16-62-14-12-47-39(58)26-64-18-15-61-13-11-46/h5-6,8-9,19,22-23,35-36H,7,10-18,20-21,24-27,46H2,1-4H3,(H,47,58)(H,50,51,60)/t35-,36+,44-/m0/s1. The number of ketones is 2. The molecule has 4 heterocycles. The molecule has 19 nitrogen and oxygen atoms in total. The number of Topliss-reactive ketones (excluding diaryl/α,β-unsaturated/α-hetero) is 2. The third kappa shape index (κ3) is 12.8. The molecule has 1 saturated heterocycles. The van der Waals surface area contributed by atoms with E-state index in [1.807, 2.05) is 45.3 Å². The van der Waals surface area contributed by atoms with Crippen molar-refractivity contribution >= 4 is 61.9 Å². The summed E-state index contributed by atoms with van der Waals surface area (Å²) in [4.78, 5) is 82.4. The number of nitrogens with zero attached hydrogens (tertiary/aromatic N) is 7. The number of piperidine rings is 1. The van der Waals surface area contributed by atoms with Crippen LogP contribution in [0.1, 0.15) is 48.1 Å². The van der Waals surface area contributed by atoms with Gasteiger partial charge in [0.05, 0.1) is 45.2 Å². The van der Waals surface area contributed by atoms with Crippen LogP contribution in [0.3, 0.4) is 0 Å². The summed E-state index contributed by atoms with van der Waals surface area (Å²) in [7, 11) is 3.98. The van der Waals surface area contributed by atoms with Crippen molar-refractivity contribution in [2.45, 2.75) is 58.2 Å². The first-order chi connectivity index (χ1) is 30.8. The number of pyridine rings is 1. The molecule has 3 aromatic heterocycles. The number of aryl methyl sites for hydroxylation is 2. The van der Waals surface area contributed by atoms with Gasteiger partial charge in [-0.25, -0.2) is 15.0 Å². The molecule has 0 spiro atoms. The minimum Gasteiger partial charge on any atom is -0.378 e. The zero-order chi connectivity index (χ0) is 45.8. The van der Waals surface area contributed by atoms with E-state index in [0.29, 0.717) is 85.1 Å². The highest BCUT2D eigenvalue weighted by molar-refractivity contribution is 9.10. The molecule has 20 heteroatoms. The van der Waals surface area contributed by atoms with E-state index in [1.54, 1.807) is 28.0 Å². The maximum absolute atomic E-state index is 14.3. The lowest BCUT2D eigenvalue weighted by Gasteiger charge is -2.27. The highest BCUT2D eigenvalue weighted by atomic mass is 79.9. The molecule has 6 rings (SSSR count). The molecule has 3 atom stereocenters. The molecule has 2 fully saturated rings. The second-order valence-electron chi connectivity index (χ2n) is 16.3. The van der Waals surface area contributed by atoms with E-state index < -0.39 is 6.04 Å². The number of aromatic nitrogens is 5. The van der Waals surface area contributed by atoms with Crippen molar-refractivity contribution in [1.29, 1.82) is 0 Å². The fraction of sp³-hybridized carbons (Fsp3) is 0.523. The molecule has 344 valence electrons. The minimum atomic E-state index is -0.697. The topological polar surface area (TPSA) is 235 Å². The van der Waals surface area contributed by atoms with E-state index in [-0.39, 0.29) is 85.8 Å². The molecular formula is C44H57BrN10O9. The molecular weight excluding hydrogens is 892 g/mol. The number of carbonyl (C=O) groups is 5. The summed E-state index contributed by atoms with van der Waals surface area (Å²) in [5, 5.41) is 10.8. The average Bonchev–Trinajstić information content (AvgIpc) is 3.66. The Morgan fingerprint density at radius 2 is 1.64 bits per heavy atom. The Hall–Kier alpha value is -5.09. The van der Waals surface area contributed by atoms with Gasteiger partial charge in [-0.15, -0.1) is 0 Å². The third-order valence-corrected chi connectivity index (χ3v) is 11.5. The fourth-order valence-corrected chi connectivity index (χ4v) is 8.30. The zero-order valence-electron chi connectivity index (χ0n) is 36.8. The van der Waals surface area contributed by atoms with Crippen LogP contribution < -0.4 is 16.4 Å². The monoisotopic (exact) mass is 948 g/mol. The van der Waals surface area contributed by atoms with E-state index >= 15 is 0 Å². The van der Waals surface area contributed by atoms with Crippen molar-refractivity contribution in [3.8, 4) is 11.1 Å². The van der Waals surface area contributed by atoms with E-state index in [4.69, 9.17) is 24.7 Å². The Kier molecular flexibility index (Phi) is 17.2. The van der Waals surface area contributed by atoms with Gasteiger partial charge < -0.3 is 45.1 Å². The molecule has 0 radical (unpaired) electrons. The van der Waals surface area contributed by atoms with Crippen molar-refractivity contribution < 1.29 is 42.9 Å². The first kappa shape index (κ1) is 48.4. The largest absolute Gasteiger partial charge is 0.378 e. The van der Waals surface area contributed by atoms with Crippen molar-refractivity contribution in [3.63, 3.8) is 0 Å². The van der Waals surface area contributed by atoms with Crippen LogP contribution >= 0.6 is 15.9 Å². The predicted molar refractivity (Wildman–Crippen MR) is 239 cm³/mol. The average molecular weight is 950 g/mol. The van der Waals surface area contributed by atoms with Crippen molar-refractivity contribution in [2.75, 3.05) is 91.9 Å². The maximum atomic E-state index is 14.3. The quantitative estimate of drug-likeness (QED) is 0.0466. The van der Waals surface area contributed by atoms with Gasteiger partial charge in [0, 0.05) is 74.2 Å². The van der Waals surface area contributed by atoms with Gasteiger partial charge in [-0.05, 0) is 79.1 Å². The van der Waals surface area contributed by atoms with Gasteiger partial charge in [0.1, 0.15) is 47.7 Å². The summed E-state index contributed by atoms with van der Waals surface area (Å²) in [5.41, 5.74) is 8.22. The maximum Gasteiger partial charge on any atom is 0.248 e. The normalized spacial score (nSPS) is 17.8. The first-order valence-corrected chi connectivity index (χ1v) is 22.1. The lowest BCUT2D eigenvalue weighted by molar-refractivity contribution is -0.138. The number of hydrogen-bond donors (Lipinski definition) is 3. The van der Waals surface area contributed by atoms with E-state index in [9.17, 15) is 24.0 Å². The Balaban J connectivity index is 0.988. The van der Waals surface area contributed by atoms with Crippen LogP contribution in [0.5, 0.6) is 0 Å². The highest BCUT2D eigenvalue weighted by Crippen LogP contribution is 2.60. The fourth-order valence-electron chi connectivity index (χ4n) is 8.00. The molecule has 1 aliphatic carbocycles. The van der Waals surface area contributed by atoms with Gasteiger partial charge in [-0.3, -0.25) is 28.7 Å². The number of nitrogens with two attached hydrogens (primary N) is 1. The number of hydrogen-bond acceptors (Lipinski definition) is 15. The first-order valence-electron chi connectivity index (χ1n) is 21.3. The van der Waals surface area contributed by atoms with Crippen molar-refractivity contribution in [2.24, 2.45) is 11.1 Å². The van der Waals surface area contributed by atoms with E-state index in [1.165, 1.54) is 6.92 Å². The molecule has 4 N–H and O–H groups in total. The third-order valence-electron chi connectivity index (χ3n) is 11.1. The van der Waals surface area contributed by atoms with Gasteiger partial charge in [0.25, 0.3) is 0 Å². The SMILES string of the molecule is CC(=O)c1nn(CC(=O)N2[C@H](C(=O)Nc3nc(Br)ccc3C)C[C@@]3(CN(C)C)C[C@@H]23)c2ccc(-c3cnc(CCC(=O)COCCOCCNC(=O)COCCOCCN)nc3)cc12. The summed E-state index contributed by atoms with van der Waals surface area (Å²) in [6, 6.07) is 8.38. The Labute approximate surface area is 380 Å². The molecule has 64 heavy (non-hydrogen) atoms. The number of nitrogens with one attached hydrogen (secondary N) is 2. The van der Waals surface area contributed by atoms with Crippen molar-refractivity contribution in [3.05, 3.63) is 64.4 Å². The Morgan fingerprint density at radius 3 is 2.36 bits per heavy atom. The Morgan fingerprint density at radius 1 is 0.922 bits per heavy atom. The number of ether oxygens (including phenoxy) is 4. The number of likely N-dealkylation sites (tertiary alicyclic amines) is 1. The van der Waals surface area contributed by atoms with Crippen LogP contribution in [0, 0.1) is 12.3 Å². The molecule has 0 unspecified atom stereocenters. The lowest BCUT2D eigenvalue weighted by Crippen LogP contribution is -2.47. The zero-order valence-corrected chi connectivity index (χ0v) is 38.4. The molecule has 0 bridgehead atoms. The number of anilines is 1. The highest BCUT2D eigenvalue weighted by Gasteiger charge is 2.67. The van der Waals surface area contributed by atoms with Gasteiger partial charge in [-0.2, -0.15) is 5.10 Å². The van der Waals surface area contributed by atoms with Gasteiger partial charge in [0.2, 0.25) is 17.7 Å². The molecule has 1 aromatic carbocycles. The summed E-state index contributed by atoms with van der Waals surface area (Å²) >= 11 is 3.38. The minimum absolute atomic E-state index is 0.0672. The smallest absolute Gasteiger partial charge is 0.248 e. The summed E-state index contributed by atoms with van der Waals surface area (Å²) < 4.78 is 23.4. The molecule has 2 aliphatic rings. The number of amides is 3. The summed E-state index contributed by atoms with van der Waals surface area (Å²) in [6.07, 6.45) is 5.18. The molecule has 1 saturated carbocycles. The molecule has 1 aliphatic heterocycles. The summed E-state index contributed by atoms with van der Waals surface area (Å²) in [5.74, 6) is -0.234. The number of rotatable bonds is 26. The van der Waals surface area contributed by atoms with E-state index in [0.717, 1.165) is 24.1 Å². The lowest BCUT2D eigenvalue weighted by atomic mass is 9.98. The van der Waals surface area contributed by atoms with Crippen LogP contribution in [-0.2, 0) is 51.1 Å². The van der Waals surface area contributed by atoms with Gasteiger partial charge in [0.15, 0.2) is 11.6 Å². The van der Waals surface area contributed by atoms with Crippen LogP contribution in [-0.4, -0.2) is 162 Å². The predicted octanol–water partition coefficient (Wildman–Crippen LogP) is 2.36. The van der Waals surface area contributed by atoms with Gasteiger partial charge in [-0.1, -0.05) is 12.1 Å². The van der Waals surface area contributed by atoms with Crippen LogP contribution in [0.25, 0.3) is 22.0 Å². The number of halogens is 1. The van der Waals surface area contributed by atoms with Gasteiger partial charge >= 0.3 is 0 Å². The second-order valence-corrected chi connectivity index (χ2v) is 17.1. The summed E-state index contributed by atoms with van der Waals surface area (Å²) in [6.45, 7) is 6.42. The van der Waals surface area contributed by atoms with E-state index in [2.05, 4.69) is 51.5 Å². The van der Waals surface area contributed by atoms with Crippen LogP contribution in [0.2, 0.25) is 0 Å².